The van der Waals surface area contributed by atoms with Crippen molar-refractivity contribution in [1.29, 1.82) is 0 Å². The van der Waals surface area contributed by atoms with Gasteiger partial charge in [-0.05, 0) is 35.6 Å². The molecule has 0 aliphatic carbocycles. The van der Waals surface area contributed by atoms with Crippen molar-refractivity contribution in [2.45, 2.75) is 13.0 Å². The second kappa shape index (κ2) is 3.79. The second-order valence-corrected chi connectivity index (χ2v) is 4.91. The Hall–Kier alpha value is -1.55. The van der Waals surface area contributed by atoms with Gasteiger partial charge in [0.2, 0.25) is 0 Å². The van der Waals surface area contributed by atoms with Crippen molar-refractivity contribution < 1.29 is 0 Å². The third-order valence-electron chi connectivity index (χ3n) is 2.91. The van der Waals surface area contributed by atoms with Gasteiger partial charge in [0.15, 0.2) is 0 Å². The van der Waals surface area contributed by atoms with Crippen molar-refractivity contribution in [3.8, 4) is 0 Å². The highest BCUT2D eigenvalue weighted by molar-refractivity contribution is 7.06. The first-order chi connectivity index (χ1) is 7.83. The minimum Gasteiger partial charge on any atom is -0.383 e. The van der Waals surface area contributed by atoms with Crippen molar-refractivity contribution in [1.82, 2.24) is 4.37 Å². The van der Waals surface area contributed by atoms with Crippen molar-refractivity contribution in [3.63, 3.8) is 0 Å². The lowest BCUT2D eigenvalue weighted by Gasteiger charge is -2.17. The number of aromatic nitrogens is 1. The predicted octanol–water partition coefficient (Wildman–Crippen LogP) is 2.29. The summed E-state index contributed by atoms with van der Waals surface area (Å²) in [4.78, 5) is 3.62. The Morgan fingerprint density at radius 2 is 2.25 bits per heavy atom. The number of hydrogen-bond donors (Lipinski definition) is 1. The van der Waals surface area contributed by atoms with E-state index in [0.29, 0.717) is 5.82 Å². The molecule has 82 valence electrons. The van der Waals surface area contributed by atoms with Crippen molar-refractivity contribution >= 4 is 23.0 Å². The van der Waals surface area contributed by atoms with Crippen molar-refractivity contribution in [2.75, 3.05) is 17.2 Å². The van der Waals surface area contributed by atoms with Crippen LogP contribution in [0.1, 0.15) is 10.4 Å². The molecule has 1 aromatic heterocycles. The van der Waals surface area contributed by atoms with Crippen molar-refractivity contribution in [2.24, 2.45) is 0 Å². The molecular weight excluding hydrogens is 218 g/mol. The SMILES string of the molecule is Nc1cc(CN2CCc3ccccc32)sn1. The summed E-state index contributed by atoms with van der Waals surface area (Å²) >= 11 is 1.49. The summed E-state index contributed by atoms with van der Waals surface area (Å²) in [6.45, 7) is 2.02. The number of para-hydroxylation sites is 1. The third-order valence-corrected chi connectivity index (χ3v) is 3.69. The highest BCUT2D eigenvalue weighted by Crippen LogP contribution is 2.29. The second-order valence-electron chi connectivity index (χ2n) is 4.02. The average Bonchev–Trinajstić information content (AvgIpc) is 2.87. The topological polar surface area (TPSA) is 42.1 Å². The Balaban J connectivity index is 1.83. The minimum atomic E-state index is 0.632. The maximum Gasteiger partial charge on any atom is 0.137 e. The number of nitrogens with zero attached hydrogens (tertiary/aromatic N) is 2. The van der Waals surface area contributed by atoms with Crippen LogP contribution in [-0.2, 0) is 13.0 Å². The van der Waals surface area contributed by atoms with E-state index in [1.54, 1.807) is 0 Å². The molecule has 2 heterocycles. The van der Waals surface area contributed by atoms with Crippen LogP contribution in [0.5, 0.6) is 0 Å². The standard InChI is InChI=1S/C12H13N3S/c13-12-7-10(16-14-12)8-15-6-5-9-3-1-2-4-11(9)15/h1-4,7H,5-6,8H2,(H2,13,14). The normalized spacial score (nSPS) is 14.1. The van der Waals surface area contributed by atoms with E-state index in [2.05, 4.69) is 33.5 Å². The van der Waals surface area contributed by atoms with Crippen LogP contribution in [0.25, 0.3) is 0 Å². The van der Waals surface area contributed by atoms with Gasteiger partial charge >= 0.3 is 0 Å². The molecule has 0 radical (unpaired) electrons. The largest absolute Gasteiger partial charge is 0.383 e. The number of anilines is 2. The van der Waals surface area contributed by atoms with Gasteiger partial charge in [0.25, 0.3) is 0 Å². The molecule has 1 aliphatic rings. The summed E-state index contributed by atoms with van der Waals surface area (Å²) in [7, 11) is 0. The number of nitrogens with two attached hydrogens (primary N) is 1. The molecule has 0 saturated carbocycles. The van der Waals surface area contributed by atoms with Crippen LogP contribution in [0.4, 0.5) is 11.5 Å². The first-order valence-corrected chi connectivity index (χ1v) is 6.14. The zero-order chi connectivity index (χ0) is 11.0. The fourth-order valence-corrected chi connectivity index (χ4v) is 2.82. The molecular formula is C12H13N3S. The highest BCUT2D eigenvalue weighted by Gasteiger charge is 2.18. The van der Waals surface area contributed by atoms with E-state index < -0.39 is 0 Å². The molecule has 0 amide bonds. The quantitative estimate of drug-likeness (QED) is 0.862. The average molecular weight is 231 g/mol. The maximum absolute atomic E-state index is 5.63. The molecule has 3 rings (SSSR count). The molecule has 0 unspecified atom stereocenters. The molecule has 0 fully saturated rings. The lowest BCUT2D eigenvalue weighted by Crippen LogP contribution is -2.18. The molecule has 16 heavy (non-hydrogen) atoms. The summed E-state index contributed by atoms with van der Waals surface area (Å²) in [5.41, 5.74) is 8.43. The number of hydrogen-bond acceptors (Lipinski definition) is 4. The molecule has 0 saturated heterocycles. The number of nitrogen functional groups attached to an aromatic ring is 1. The molecule has 0 bridgehead atoms. The Bertz CT molecular complexity index is 506. The zero-order valence-electron chi connectivity index (χ0n) is 8.89. The third kappa shape index (κ3) is 1.65. The summed E-state index contributed by atoms with van der Waals surface area (Å²) < 4.78 is 4.11. The van der Waals surface area contributed by atoms with Gasteiger partial charge in [0.1, 0.15) is 5.82 Å². The van der Waals surface area contributed by atoms with Crippen LogP contribution < -0.4 is 10.6 Å². The van der Waals surface area contributed by atoms with Gasteiger partial charge < -0.3 is 10.6 Å². The maximum atomic E-state index is 5.63. The summed E-state index contributed by atoms with van der Waals surface area (Å²) in [6.07, 6.45) is 1.14. The van der Waals surface area contributed by atoms with E-state index in [0.717, 1.165) is 19.5 Å². The lowest BCUT2D eigenvalue weighted by molar-refractivity contribution is 0.846. The lowest BCUT2D eigenvalue weighted by atomic mass is 10.2. The first kappa shape index (κ1) is 9.66. The van der Waals surface area contributed by atoms with E-state index in [4.69, 9.17) is 5.73 Å². The minimum absolute atomic E-state index is 0.632. The molecule has 0 spiro atoms. The first-order valence-electron chi connectivity index (χ1n) is 5.37. The summed E-state index contributed by atoms with van der Waals surface area (Å²) in [5, 5.41) is 0. The molecule has 3 nitrogen and oxygen atoms in total. The molecule has 0 atom stereocenters. The Morgan fingerprint density at radius 1 is 1.38 bits per heavy atom. The van der Waals surface area contributed by atoms with E-state index in [1.807, 2.05) is 6.07 Å². The van der Waals surface area contributed by atoms with Crippen LogP contribution in [0.2, 0.25) is 0 Å². The fourth-order valence-electron chi connectivity index (χ4n) is 2.16. The molecule has 2 aromatic rings. The fraction of sp³-hybridized carbons (Fsp3) is 0.250. The van der Waals surface area contributed by atoms with Crippen LogP contribution in [0.3, 0.4) is 0 Å². The Labute approximate surface area is 98.7 Å². The Kier molecular flexibility index (Phi) is 2.29. The number of benzene rings is 1. The van der Waals surface area contributed by atoms with Crippen molar-refractivity contribution in [3.05, 3.63) is 40.8 Å². The zero-order valence-corrected chi connectivity index (χ0v) is 9.70. The van der Waals surface area contributed by atoms with Crippen LogP contribution >= 0.6 is 11.5 Å². The van der Waals surface area contributed by atoms with Crippen LogP contribution in [0.15, 0.2) is 30.3 Å². The van der Waals surface area contributed by atoms with Crippen LogP contribution in [0, 0.1) is 0 Å². The van der Waals surface area contributed by atoms with Crippen LogP contribution in [-0.4, -0.2) is 10.9 Å². The van der Waals surface area contributed by atoms with E-state index in [9.17, 15) is 0 Å². The smallest absolute Gasteiger partial charge is 0.137 e. The molecule has 4 heteroatoms. The van der Waals surface area contributed by atoms with Gasteiger partial charge in [-0.2, -0.15) is 4.37 Å². The van der Waals surface area contributed by atoms with Gasteiger partial charge in [-0.3, -0.25) is 0 Å². The summed E-state index contributed by atoms with van der Waals surface area (Å²) in [6, 6.07) is 10.6. The monoisotopic (exact) mass is 231 g/mol. The van der Waals surface area contributed by atoms with Gasteiger partial charge in [-0.15, -0.1) is 0 Å². The van der Waals surface area contributed by atoms with E-state index >= 15 is 0 Å². The number of rotatable bonds is 2. The van der Waals surface area contributed by atoms with Gasteiger partial charge in [0, 0.05) is 17.1 Å². The number of fused-ring (bicyclic) bond motifs is 1. The molecule has 1 aromatic carbocycles. The molecule has 2 N–H and O–H groups in total. The van der Waals surface area contributed by atoms with E-state index in [-0.39, 0.29) is 0 Å². The summed E-state index contributed by atoms with van der Waals surface area (Å²) in [5.74, 6) is 0.632. The Morgan fingerprint density at radius 3 is 3.06 bits per heavy atom. The predicted molar refractivity (Wildman–Crippen MR) is 67.7 cm³/mol. The van der Waals surface area contributed by atoms with Gasteiger partial charge in [0.05, 0.1) is 6.54 Å². The van der Waals surface area contributed by atoms with E-state index in [1.165, 1.54) is 27.7 Å². The van der Waals surface area contributed by atoms with Gasteiger partial charge in [-0.25, -0.2) is 0 Å². The molecule has 1 aliphatic heterocycles. The highest BCUT2D eigenvalue weighted by atomic mass is 32.1. The van der Waals surface area contributed by atoms with Gasteiger partial charge in [-0.1, -0.05) is 18.2 Å².